The second kappa shape index (κ2) is 6.04. The van der Waals surface area contributed by atoms with E-state index in [9.17, 15) is 25.5 Å². The summed E-state index contributed by atoms with van der Waals surface area (Å²) in [6.07, 6.45) is 6.17. The molecule has 7 heteroatoms. The van der Waals surface area contributed by atoms with Crippen LogP contribution in [0.1, 0.15) is 78.6 Å². The van der Waals surface area contributed by atoms with Gasteiger partial charge in [-0.3, -0.25) is 4.90 Å². The minimum Gasteiger partial charge on any atom is -0.393 e. The van der Waals surface area contributed by atoms with Crippen LogP contribution in [0.3, 0.4) is 0 Å². The summed E-state index contributed by atoms with van der Waals surface area (Å²) >= 11 is 0. The molecule has 0 amide bonds. The van der Waals surface area contributed by atoms with Crippen molar-refractivity contribution in [1.29, 1.82) is 0 Å². The van der Waals surface area contributed by atoms with Crippen LogP contribution in [0.4, 0.5) is 0 Å². The van der Waals surface area contributed by atoms with E-state index in [1.165, 1.54) is 19.3 Å². The van der Waals surface area contributed by atoms with Gasteiger partial charge in [-0.2, -0.15) is 0 Å². The lowest BCUT2D eigenvalue weighted by molar-refractivity contribution is -0.325. The van der Waals surface area contributed by atoms with E-state index in [2.05, 4.69) is 4.90 Å². The zero-order valence-corrected chi connectivity index (χ0v) is 19.0. The highest BCUT2D eigenvalue weighted by Gasteiger charge is 3.02. The molecule has 0 aromatic heterocycles. The van der Waals surface area contributed by atoms with Gasteiger partial charge >= 0.3 is 0 Å². The maximum absolute atomic E-state index is 12.1. The van der Waals surface area contributed by atoms with E-state index in [-0.39, 0.29) is 24.5 Å². The molecule has 31 heavy (non-hydrogen) atoms. The molecular weight excluding hydrogens is 398 g/mol. The Hall–Kier alpha value is -0.280. The Morgan fingerprint density at radius 3 is 2.13 bits per heavy atom. The van der Waals surface area contributed by atoms with Crippen LogP contribution < -0.4 is 0 Å². The molecular formula is C24H39NO6. The molecule has 0 aromatic carbocycles. The lowest BCUT2D eigenvalue weighted by Gasteiger charge is -2.57. The van der Waals surface area contributed by atoms with Crippen molar-refractivity contribution in [3.8, 4) is 0 Å². The Labute approximate surface area is 184 Å². The summed E-state index contributed by atoms with van der Waals surface area (Å²) < 4.78 is 6.90. The molecule has 1 spiro atoms. The number of rotatable bonds is 2. The van der Waals surface area contributed by atoms with Gasteiger partial charge in [0.25, 0.3) is 0 Å². The van der Waals surface area contributed by atoms with Gasteiger partial charge < -0.3 is 30.3 Å². The topological polar surface area (TPSA) is 113 Å². The highest BCUT2D eigenvalue weighted by atomic mass is 16.6. The Morgan fingerprint density at radius 1 is 0.871 bits per heavy atom. The number of nitrogens with zero attached hydrogens (tertiary/aromatic N) is 1. The van der Waals surface area contributed by atoms with Crippen molar-refractivity contribution in [3.05, 3.63) is 0 Å². The number of hydrogen-bond acceptors (Lipinski definition) is 7. The van der Waals surface area contributed by atoms with E-state index >= 15 is 0 Å². The first kappa shape index (κ1) is 21.3. The molecule has 3 saturated carbocycles. The van der Waals surface area contributed by atoms with Gasteiger partial charge in [-0.15, -0.1) is 0 Å². The minimum absolute atomic E-state index is 0.0647. The molecule has 3 aliphatic carbocycles. The van der Waals surface area contributed by atoms with E-state index < -0.39 is 52.1 Å². The Bertz CT molecular complexity index is 776. The fourth-order valence-electron chi connectivity index (χ4n) is 9.63. The van der Waals surface area contributed by atoms with Gasteiger partial charge in [0.2, 0.25) is 0 Å². The number of aliphatic hydroxyl groups is 5. The largest absolute Gasteiger partial charge is 0.393 e. The maximum Gasteiger partial charge on any atom is 0.180 e. The summed E-state index contributed by atoms with van der Waals surface area (Å²) in [5, 5.41) is 57.5. The first-order valence-corrected chi connectivity index (χ1v) is 12.5. The lowest BCUT2D eigenvalue weighted by Crippen LogP contribution is -2.74. The van der Waals surface area contributed by atoms with E-state index in [0.717, 1.165) is 25.7 Å². The molecule has 7 unspecified atom stereocenters. The van der Waals surface area contributed by atoms with Crippen molar-refractivity contribution in [3.63, 3.8) is 0 Å². The van der Waals surface area contributed by atoms with E-state index in [0.29, 0.717) is 6.42 Å². The Morgan fingerprint density at radius 2 is 1.48 bits per heavy atom. The number of aliphatic hydroxyl groups excluding tert-OH is 2. The van der Waals surface area contributed by atoms with Crippen molar-refractivity contribution in [2.24, 2.45) is 17.8 Å². The minimum atomic E-state index is -1.51. The first-order chi connectivity index (χ1) is 14.5. The molecule has 0 aromatic rings. The van der Waals surface area contributed by atoms with E-state index in [1.807, 2.05) is 0 Å². The standard InChI is InChI=1S/C24H39NO6/c1-20(28)12-13(26)11-15-19-23-17(21(15,2)29)16(27)18(23)22(3,30)24(20,25(19)23)31-14-9-7-5-4-6-8-10-14/h13-19,26-30H,4-12H2,1-3H3/t13?,15?,16?,17-,18?,19-,20+,21?,22-,23-,24?,25?/m1/s1. The third-order valence-corrected chi connectivity index (χ3v) is 10.5. The zero-order chi connectivity index (χ0) is 22.2. The monoisotopic (exact) mass is 437 g/mol. The predicted octanol–water partition coefficient (Wildman–Crippen LogP) is 0.893. The second-order valence-corrected chi connectivity index (χ2v) is 12.2. The number of ether oxygens (including phenoxy) is 1. The Kier molecular flexibility index (Phi) is 4.14. The summed E-state index contributed by atoms with van der Waals surface area (Å²) in [6.45, 7) is 5.16. The Balaban J connectivity index is 1.49. The van der Waals surface area contributed by atoms with Crippen LogP contribution in [0.2, 0.25) is 0 Å². The summed E-state index contributed by atoms with van der Waals surface area (Å²) in [5.41, 5.74) is -6.10. The van der Waals surface area contributed by atoms with E-state index in [4.69, 9.17) is 4.74 Å². The van der Waals surface area contributed by atoms with Crippen LogP contribution in [-0.4, -0.2) is 82.9 Å². The molecule has 6 fully saturated rings. The summed E-state index contributed by atoms with van der Waals surface area (Å²) in [5.74, 6) is -1.11. The normalized spacial score (nSPS) is 65.2. The highest BCUT2D eigenvalue weighted by molar-refractivity contribution is 5.52. The fourth-order valence-corrected chi connectivity index (χ4v) is 9.63. The molecule has 5 N–H and O–H groups in total. The molecule has 3 saturated heterocycles. The SMILES string of the molecule is CC1(O)C2CC(O)C[C@](C)(O)C3(OC4CCCCCCC4)N4[C@H]2[C@@]42C(C(O)[C@H]12)[C@@]3(C)O. The third kappa shape index (κ3) is 2.12. The smallest absolute Gasteiger partial charge is 0.180 e. The lowest BCUT2D eigenvalue weighted by atomic mass is 9.53. The molecule has 0 radical (unpaired) electrons. The first-order valence-electron chi connectivity index (χ1n) is 12.5. The summed E-state index contributed by atoms with van der Waals surface area (Å²) in [6, 6.07) is -0.101. The predicted molar refractivity (Wildman–Crippen MR) is 112 cm³/mol. The van der Waals surface area contributed by atoms with Crippen LogP contribution in [0.25, 0.3) is 0 Å². The van der Waals surface area contributed by atoms with Crippen molar-refractivity contribution in [2.45, 2.75) is 131 Å². The van der Waals surface area contributed by atoms with Crippen molar-refractivity contribution < 1.29 is 30.3 Å². The van der Waals surface area contributed by atoms with Crippen molar-refractivity contribution >= 4 is 0 Å². The zero-order valence-electron chi connectivity index (χ0n) is 19.0. The van der Waals surface area contributed by atoms with Crippen LogP contribution >= 0.6 is 0 Å². The summed E-state index contributed by atoms with van der Waals surface area (Å²) in [4.78, 5) is 2.15. The van der Waals surface area contributed by atoms with Crippen LogP contribution in [0, 0.1) is 17.8 Å². The molecule has 0 bridgehead atoms. The molecule has 6 rings (SSSR count). The quantitative estimate of drug-likeness (QED) is 0.408. The maximum atomic E-state index is 12.1. The van der Waals surface area contributed by atoms with Gasteiger partial charge in [-0.05, 0) is 40.0 Å². The van der Waals surface area contributed by atoms with Crippen LogP contribution in [0.5, 0.6) is 0 Å². The molecule has 176 valence electrons. The van der Waals surface area contributed by atoms with Gasteiger partial charge in [0.05, 0.1) is 29.5 Å². The van der Waals surface area contributed by atoms with Gasteiger partial charge in [0, 0.05) is 30.2 Å². The molecule has 3 heterocycles. The second-order valence-electron chi connectivity index (χ2n) is 12.2. The van der Waals surface area contributed by atoms with E-state index in [1.54, 1.807) is 20.8 Å². The van der Waals surface area contributed by atoms with Gasteiger partial charge in [0.1, 0.15) is 11.2 Å². The molecule has 6 aliphatic rings. The van der Waals surface area contributed by atoms with Gasteiger partial charge in [0.15, 0.2) is 5.72 Å². The molecule has 7 nitrogen and oxygen atoms in total. The molecule has 12 atom stereocenters. The average Bonchev–Trinajstić information content (AvgIpc) is 3.17. The third-order valence-electron chi connectivity index (χ3n) is 10.5. The number of piperidine rings is 2. The van der Waals surface area contributed by atoms with Gasteiger partial charge in [-0.25, -0.2) is 0 Å². The van der Waals surface area contributed by atoms with Gasteiger partial charge in [-0.1, -0.05) is 32.1 Å². The summed E-state index contributed by atoms with van der Waals surface area (Å²) in [7, 11) is 0. The molecule has 3 aliphatic heterocycles. The van der Waals surface area contributed by atoms with Crippen molar-refractivity contribution in [1.82, 2.24) is 4.90 Å². The van der Waals surface area contributed by atoms with Crippen molar-refractivity contribution in [2.75, 3.05) is 0 Å². The highest BCUT2D eigenvalue weighted by Crippen LogP contribution is 2.85. The fraction of sp³-hybridized carbons (Fsp3) is 1.00. The average molecular weight is 438 g/mol. The number of hydrogen-bond donors (Lipinski definition) is 5. The van der Waals surface area contributed by atoms with Crippen LogP contribution in [-0.2, 0) is 4.74 Å². The van der Waals surface area contributed by atoms with Crippen LogP contribution in [0.15, 0.2) is 0 Å².